The molecular weight excluding hydrogens is 328 g/mol. The number of hydrogen-bond acceptors (Lipinski definition) is 4. The van der Waals surface area contributed by atoms with Crippen LogP contribution in [0.3, 0.4) is 0 Å². The highest BCUT2D eigenvalue weighted by atomic mass is 19.1. The van der Waals surface area contributed by atoms with Gasteiger partial charge < -0.3 is 9.73 Å². The maximum Gasteiger partial charge on any atom is 0.240 e. The number of carbonyl (C=O) groups excluding carboxylic acids is 1. The first-order valence-corrected chi connectivity index (χ1v) is 8.22. The fourth-order valence-corrected chi connectivity index (χ4v) is 3.15. The zero-order valence-corrected chi connectivity index (χ0v) is 13.8. The van der Waals surface area contributed by atoms with Gasteiger partial charge in [0.2, 0.25) is 17.7 Å². The number of rotatable bonds is 5. The summed E-state index contributed by atoms with van der Waals surface area (Å²) in [5, 5.41) is 10.8. The van der Waals surface area contributed by atoms with Gasteiger partial charge in [0.05, 0.1) is 0 Å². The Balaban J connectivity index is 1.58. The predicted octanol–water partition coefficient (Wildman–Crippen LogP) is 3.37. The highest BCUT2D eigenvalue weighted by Crippen LogP contribution is 2.28. The number of halogens is 2. The zero-order valence-electron chi connectivity index (χ0n) is 13.8. The molecule has 1 aliphatic carbocycles. The van der Waals surface area contributed by atoms with Crippen LogP contribution in [0.25, 0.3) is 12.2 Å². The molecule has 2 atom stereocenters. The Bertz CT molecular complexity index is 788. The van der Waals surface area contributed by atoms with Crippen molar-refractivity contribution in [1.29, 1.82) is 0 Å². The third-order valence-electron chi connectivity index (χ3n) is 4.26. The standard InChI is InChI=1S/C18H19F2N3O2/c1-11(24)21-15-5-2-12(8-15)9-18-23-22-17(25-18)7-3-13-10-14(19)4-6-16(13)20/h3-4,6-7,10,12,15H,2,5,8-9H2,1H3,(H,21,24)/t12-,15+/m1/s1. The van der Waals surface area contributed by atoms with Gasteiger partial charge in [0.1, 0.15) is 11.6 Å². The average Bonchev–Trinajstić information content (AvgIpc) is 3.18. The van der Waals surface area contributed by atoms with Crippen LogP contribution in [0.4, 0.5) is 8.78 Å². The summed E-state index contributed by atoms with van der Waals surface area (Å²) >= 11 is 0. The molecule has 0 unspecified atom stereocenters. The summed E-state index contributed by atoms with van der Waals surface area (Å²) in [6.45, 7) is 1.52. The van der Waals surface area contributed by atoms with E-state index < -0.39 is 11.6 Å². The molecule has 1 N–H and O–H groups in total. The molecule has 0 radical (unpaired) electrons. The van der Waals surface area contributed by atoms with Gasteiger partial charge in [0, 0.05) is 31.0 Å². The number of aromatic nitrogens is 2. The molecule has 0 saturated heterocycles. The predicted molar refractivity (Wildman–Crippen MR) is 88.2 cm³/mol. The third kappa shape index (κ3) is 4.71. The Morgan fingerprint density at radius 1 is 1.32 bits per heavy atom. The number of carbonyl (C=O) groups is 1. The van der Waals surface area contributed by atoms with Gasteiger partial charge in [-0.25, -0.2) is 8.78 Å². The van der Waals surface area contributed by atoms with Crippen LogP contribution in [0.2, 0.25) is 0 Å². The average molecular weight is 347 g/mol. The van der Waals surface area contributed by atoms with Crippen molar-refractivity contribution in [2.75, 3.05) is 0 Å². The van der Waals surface area contributed by atoms with Crippen molar-refractivity contribution in [2.24, 2.45) is 5.92 Å². The van der Waals surface area contributed by atoms with E-state index in [1.165, 1.54) is 19.1 Å². The normalized spacial score (nSPS) is 20.3. The molecule has 25 heavy (non-hydrogen) atoms. The van der Waals surface area contributed by atoms with E-state index in [-0.39, 0.29) is 23.4 Å². The summed E-state index contributed by atoms with van der Waals surface area (Å²) in [5.74, 6) is 0.0905. The van der Waals surface area contributed by atoms with Crippen LogP contribution >= 0.6 is 0 Å². The molecule has 132 valence electrons. The van der Waals surface area contributed by atoms with E-state index in [1.807, 2.05) is 0 Å². The van der Waals surface area contributed by atoms with Crippen molar-refractivity contribution in [3.05, 3.63) is 47.2 Å². The van der Waals surface area contributed by atoms with Crippen molar-refractivity contribution in [1.82, 2.24) is 15.5 Å². The maximum absolute atomic E-state index is 13.6. The lowest BCUT2D eigenvalue weighted by atomic mass is 10.0. The van der Waals surface area contributed by atoms with Crippen molar-refractivity contribution in [3.63, 3.8) is 0 Å². The van der Waals surface area contributed by atoms with Gasteiger partial charge in [-0.05, 0) is 49.5 Å². The minimum atomic E-state index is -0.521. The van der Waals surface area contributed by atoms with Gasteiger partial charge in [-0.1, -0.05) is 0 Å². The molecule has 0 aliphatic heterocycles. The van der Waals surface area contributed by atoms with E-state index >= 15 is 0 Å². The van der Waals surface area contributed by atoms with Gasteiger partial charge >= 0.3 is 0 Å². The smallest absolute Gasteiger partial charge is 0.240 e. The van der Waals surface area contributed by atoms with Gasteiger partial charge in [-0.3, -0.25) is 4.79 Å². The molecule has 1 amide bonds. The number of nitrogens with one attached hydrogen (secondary N) is 1. The lowest BCUT2D eigenvalue weighted by Crippen LogP contribution is -2.30. The van der Waals surface area contributed by atoms with E-state index in [9.17, 15) is 13.6 Å². The lowest BCUT2D eigenvalue weighted by molar-refractivity contribution is -0.119. The van der Waals surface area contributed by atoms with Crippen molar-refractivity contribution in [2.45, 2.75) is 38.6 Å². The Morgan fingerprint density at radius 2 is 2.16 bits per heavy atom. The first-order chi connectivity index (χ1) is 12.0. The fourth-order valence-electron chi connectivity index (χ4n) is 3.15. The Hall–Kier alpha value is -2.57. The van der Waals surface area contributed by atoms with Crippen molar-refractivity contribution < 1.29 is 18.0 Å². The van der Waals surface area contributed by atoms with E-state index in [2.05, 4.69) is 15.5 Å². The molecule has 1 heterocycles. The second kappa shape index (κ2) is 7.55. The van der Waals surface area contributed by atoms with E-state index in [0.29, 0.717) is 18.2 Å². The second-order valence-corrected chi connectivity index (χ2v) is 6.31. The summed E-state index contributed by atoms with van der Waals surface area (Å²) in [6, 6.07) is 3.44. The highest BCUT2D eigenvalue weighted by Gasteiger charge is 2.26. The first kappa shape index (κ1) is 17.3. The molecular formula is C18H19F2N3O2. The molecule has 7 heteroatoms. The van der Waals surface area contributed by atoms with Crippen LogP contribution < -0.4 is 5.32 Å². The third-order valence-corrected chi connectivity index (χ3v) is 4.26. The molecule has 0 bridgehead atoms. The first-order valence-electron chi connectivity index (χ1n) is 8.22. The Morgan fingerprint density at radius 3 is 2.96 bits per heavy atom. The summed E-state index contributed by atoms with van der Waals surface area (Å²) in [4.78, 5) is 11.1. The van der Waals surface area contributed by atoms with E-state index in [1.54, 1.807) is 0 Å². The fraction of sp³-hybridized carbons (Fsp3) is 0.389. The number of benzene rings is 1. The van der Waals surface area contributed by atoms with Crippen LogP contribution in [0, 0.1) is 17.6 Å². The molecule has 2 aromatic rings. The molecule has 3 rings (SSSR count). The summed E-state index contributed by atoms with van der Waals surface area (Å²) in [6.07, 6.45) is 6.34. The van der Waals surface area contributed by atoms with Gasteiger partial charge in [-0.15, -0.1) is 10.2 Å². The number of nitrogens with zero attached hydrogens (tertiary/aromatic N) is 2. The van der Waals surface area contributed by atoms with E-state index in [0.717, 1.165) is 37.5 Å². The van der Waals surface area contributed by atoms with Crippen LogP contribution in [0.15, 0.2) is 22.6 Å². The Kier molecular flexibility index (Phi) is 5.21. The monoisotopic (exact) mass is 347 g/mol. The lowest BCUT2D eigenvalue weighted by Gasteiger charge is -2.10. The minimum absolute atomic E-state index is 0.0135. The van der Waals surface area contributed by atoms with Crippen LogP contribution in [-0.4, -0.2) is 22.1 Å². The van der Waals surface area contributed by atoms with Crippen molar-refractivity contribution in [3.8, 4) is 0 Å². The SMILES string of the molecule is CC(=O)N[C@H]1CC[C@@H](Cc2nnc(C=Cc3cc(F)ccc3F)o2)C1. The second-order valence-electron chi connectivity index (χ2n) is 6.31. The molecule has 1 fully saturated rings. The topological polar surface area (TPSA) is 68.0 Å². The summed E-state index contributed by atoms with van der Waals surface area (Å²) in [7, 11) is 0. The van der Waals surface area contributed by atoms with Crippen LogP contribution in [-0.2, 0) is 11.2 Å². The van der Waals surface area contributed by atoms with Crippen LogP contribution in [0.5, 0.6) is 0 Å². The molecule has 5 nitrogen and oxygen atoms in total. The van der Waals surface area contributed by atoms with Gasteiger partial charge in [0.25, 0.3) is 0 Å². The van der Waals surface area contributed by atoms with Crippen molar-refractivity contribution >= 4 is 18.1 Å². The van der Waals surface area contributed by atoms with Gasteiger partial charge in [-0.2, -0.15) is 0 Å². The number of amides is 1. The molecule has 1 saturated carbocycles. The van der Waals surface area contributed by atoms with E-state index in [4.69, 9.17) is 4.42 Å². The molecule has 1 aromatic carbocycles. The Labute approximate surface area is 144 Å². The largest absolute Gasteiger partial charge is 0.421 e. The maximum atomic E-state index is 13.6. The molecule has 1 aliphatic rings. The number of hydrogen-bond donors (Lipinski definition) is 1. The minimum Gasteiger partial charge on any atom is -0.421 e. The van der Waals surface area contributed by atoms with Gasteiger partial charge in [0.15, 0.2) is 0 Å². The molecule has 1 aromatic heterocycles. The zero-order chi connectivity index (χ0) is 17.8. The summed E-state index contributed by atoms with van der Waals surface area (Å²) < 4.78 is 32.2. The summed E-state index contributed by atoms with van der Waals surface area (Å²) in [5.41, 5.74) is 0.119. The highest BCUT2D eigenvalue weighted by molar-refractivity contribution is 5.73. The quantitative estimate of drug-likeness (QED) is 0.900. The molecule has 0 spiro atoms. The van der Waals surface area contributed by atoms with Crippen LogP contribution in [0.1, 0.15) is 43.5 Å².